The van der Waals surface area contributed by atoms with E-state index in [0.717, 1.165) is 12.2 Å². The van der Waals surface area contributed by atoms with Crippen molar-refractivity contribution in [3.05, 3.63) is 64.7 Å². The lowest BCUT2D eigenvalue weighted by Crippen LogP contribution is -2.29. The van der Waals surface area contributed by atoms with Gasteiger partial charge in [-0.3, -0.25) is 9.69 Å². The van der Waals surface area contributed by atoms with Gasteiger partial charge < -0.3 is 5.32 Å². The van der Waals surface area contributed by atoms with Crippen molar-refractivity contribution < 1.29 is 4.79 Å². The number of aryl methyl sites for hydroxylation is 1. The normalized spacial score (nSPS) is 10.7. The van der Waals surface area contributed by atoms with Crippen LogP contribution in [0.1, 0.15) is 11.1 Å². The van der Waals surface area contributed by atoms with Crippen molar-refractivity contribution in [3.63, 3.8) is 0 Å². The fourth-order valence-corrected chi connectivity index (χ4v) is 2.17. The van der Waals surface area contributed by atoms with Crippen LogP contribution in [-0.4, -0.2) is 24.4 Å². The predicted octanol–water partition coefficient (Wildman–Crippen LogP) is 3.72. The third kappa shape index (κ3) is 5.21. The highest BCUT2D eigenvalue weighted by atomic mass is 35.5. The molecule has 2 aromatic rings. The summed E-state index contributed by atoms with van der Waals surface area (Å²) in [5.41, 5.74) is 3.19. The largest absolute Gasteiger partial charge is 0.325 e. The van der Waals surface area contributed by atoms with Gasteiger partial charge in [-0.05, 0) is 43.8 Å². The van der Waals surface area contributed by atoms with Crippen LogP contribution in [0.5, 0.6) is 0 Å². The smallest absolute Gasteiger partial charge is 0.238 e. The van der Waals surface area contributed by atoms with E-state index in [0.29, 0.717) is 11.6 Å². The van der Waals surface area contributed by atoms with E-state index < -0.39 is 0 Å². The van der Waals surface area contributed by atoms with Gasteiger partial charge in [-0.15, -0.1) is 0 Å². The predicted molar refractivity (Wildman–Crippen MR) is 87.6 cm³/mol. The molecule has 0 radical (unpaired) electrons. The van der Waals surface area contributed by atoms with Crippen molar-refractivity contribution in [2.45, 2.75) is 13.5 Å². The van der Waals surface area contributed by atoms with Crippen LogP contribution in [-0.2, 0) is 11.3 Å². The summed E-state index contributed by atoms with van der Waals surface area (Å²) in [6, 6.07) is 15.4. The molecule has 0 unspecified atom stereocenters. The molecule has 0 aliphatic heterocycles. The number of anilines is 1. The van der Waals surface area contributed by atoms with E-state index in [2.05, 4.69) is 36.5 Å². The molecular weight excluding hydrogens is 284 g/mol. The maximum absolute atomic E-state index is 12.0. The molecule has 2 aromatic carbocycles. The van der Waals surface area contributed by atoms with Crippen molar-refractivity contribution in [1.82, 2.24) is 4.90 Å². The molecule has 2 rings (SSSR count). The average Bonchev–Trinajstić information content (AvgIpc) is 2.44. The second kappa shape index (κ2) is 7.25. The van der Waals surface area contributed by atoms with Crippen molar-refractivity contribution in [2.75, 3.05) is 18.9 Å². The maximum atomic E-state index is 12.0. The van der Waals surface area contributed by atoms with Gasteiger partial charge in [-0.25, -0.2) is 0 Å². The van der Waals surface area contributed by atoms with Gasteiger partial charge in [0, 0.05) is 17.3 Å². The molecule has 3 nitrogen and oxygen atoms in total. The van der Waals surface area contributed by atoms with E-state index in [1.165, 1.54) is 11.1 Å². The molecule has 0 atom stereocenters. The van der Waals surface area contributed by atoms with Crippen LogP contribution in [0.3, 0.4) is 0 Å². The molecule has 0 bridgehead atoms. The summed E-state index contributed by atoms with van der Waals surface area (Å²) in [5, 5.41) is 3.51. The zero-order valence-corrected chi connectivity index (χ0v) is 13.0. The number of nitrogens with one attached hydrogen (secondary N) is 1. The van der Waals surface area contributed by atoms with Crippen LogP contribution < -0.4 is 5.32 Å². The minimum absolute atomic E-state index is 0.0352. The number of carbonyl (C=O) groups is 1. The fourth-order valence-electron chi connectivity index (χ4n) is 2.04. The minimum atomic E-state index is -0.0352. The van der Waals surface area contributed by atoms with Crippen molar-refractivity contribution in [1.29, 1.82) is 0 Å². The third-order valence-electron chi connectivity index (χ3n) is 3.11. The number of rotatable bonds is 5. The van der Waals surface area contributed by atoms with Crippen LogP contribution in [0, 0.1) is 6.92 Å². The number of carbonyl (C=O) groups excluding carboxylic acids is 1. The Hall–Kier alpha value is -1.84. The number of nitrogens with zero attached hydrogens (tertiary/aromatic N) is 1. The zero-order valence-electron chi connectivity index (χ0n) is 12.3. The second-order valence-corrected chi connectivity index (χ2v) is 5.65. The summed E-state index contributed by atoms with van der Waals surface area (Å²) >= 11 is 5.81. The number of hydrogen-bond acceptors (Lipinski definition) is 2. The molecule has 110 valence electrons. The van der Waals surface area contributed by atoms with E-state index in [1.807, 2.05) is 11.9 Å². The van der Waals surface area contributed by atoms with Crippen LogP contribution in [0.15, 0.2) is 48.5 Å². The molecule has 4 heteroatoms. The molecule has 0 saturated heterocycles. The summed E-state index contributed by atoms with van der Waals surface area (Å²) in [4.78, 5) is 13.9. The van der Waals surface area contributed by atoms with E-state index in [-0.39, 0.29) is 5.91 Å². The van der Waals surface area contributed by atoms with Crippen LogP contribution in [0.4, 0.5) is 5.69 Å². The molecule has 0 spiro atoms. The molecule has 1 amide bonds. The van der Waals surface area contributed by atoms with Gasteiger partial charge in [0.05, 0.1) is 6.54 Å². The van der Waals surface area contributed by atoms with E-state index in [1.54, 1.807) is 24.3 Å². The number of hydrogen-bond donors (Lipinski definition) is 1. The average molecular weight is 303 g/mol. The standard InChI is InChI=1S/C17H19ClN2O/c1-13-3-5-14(6-4-13)11-20(2)12-17(21)19-16-9-7-15(18)8-10-16/h3-10H,11-12H2,1-2H3,(H,19,21). The Morgan fingerprint density at radius 3 is 2.33 bits per heavy atom. The van der Waals surface area contributed by atoms with Gasteiger partial charge in [0.2, 0.25) is 5.91 Å². The van der Waals surface area contributed by atoms with Crippen LogP contribution in [0.2, 0.25) is 5.02 Å². The Bertz CT molecular complexity index is 593. The van der Waals surface area contributed by atoms with Crippen LogP contribution >= 0.6 is 11.6 Å². The Kier molecular flexibility index (Phi) is 5.37. The number of likely N-dealkylation sites (N-methyl/N-ethyl adjacent to an activating group) is 1. The summed E-state index contributed by atoms with van der Waals surface area (Å²) in [5.74, 6) is -0.0352. The molecule has 1 N–H and O–H groups in total. The first-order valence-electron chi connectivity index (χ1n) is 6.82. The van der Waals surface area contributed by atoms with E-state index in [4.69, 9.17) is 11.6 Å². The third-order valence-corrected chi connectivity index (χ3v) is 3.37. The zero-order chi connectivity index (χ0) is 15.2. The Labute approximate surface area is 130 Å². The van der Waals surface area contributed by atoms with Gasteiger partial charge in [0.15, 0.2) is 0 Å². The monoisotopic (exact) mass is 302 g/mol. The molecule has 0 aliphatic rings. The molecule has 0 aromatic heterocycles. The highest BCUT2D eigenvalue weighted by Crippen LogP contribution is 2.13. The van der Waals surface area contributed by atoms with E-state index >= 15 is 0 Å². The lowest BCUT2D eigenvalue weighted by molar-refractivity contribution is -0.117. The summed E-state index contributed by atoms with van der Waals surface area (Å²) < 4.78 is 0. The van der Waals surface area contributed by atoms with Crippen molar-refractivity contribution in [3.8, 4) is 0 Å². The molecular formula is C17H19ClN2O. The molecule has 0 heterocycles. The van der Waals surface area contributed by atoms with Crippen molar-refractivity contribution >= 4 is 23.2 Å². The second-order valence-electron chi connectivity index (χ2n) is 5.21. The molecule has 0 aliphatic carbocycles. The number of benzene rings is 2. The van der Waals surface area contributed by atoms with Gasteiger partial charge in [-0.1, -0.05) is 41.4 Å². The quantitative estimate of drug-likeness (QED) is 0.913. The van der Waals surface area contributed by atoms with Gasteiger partial charge >= 0.3 is 0 Å². The van der Waals surface area contributed by atoms with Gasteiger partial charge in [0.1, 0.15) is 0 Å². The van der Waals surface area contributed by atoms with Crippen molar-refractivity contribution in [2.24, 2.45) is 0 Å². The van der Waals surface area contributed by atoms with E-state index in [9.17, 15) is 4.79 Å². The molecule has 21 heavy (non-hydrogen) atoms. The first kappa shape index (κ1) is 15.5. The summed E-state index contributed by atoms with van der Waals surface area (Å²) in [6.45, 7) is 3.15. The first-order valence-corrected chi connectivity index (χ1v) is 7.20. The molecule has 0 fully saturated rings. The fraction of sp³-hybridized carbons (Fsp3) is 0.235. The Morgan fingerprint density at radius 2 is 1.71 bits per heavy atom. The topological polar surface area (TPSA) is 32.3 Å². The lowest BCUT2D eigenvalue weighted by atomic mass is 10.1. The SMILES string of the molecule is Cc1ccc(CN(C)CC(=O)Nc2ccc(Cl)cc2)cc1. The molecule has 0 saturated carbocycles. The number of halogens is 1. The first-order chi connectivity index (χ1) is 10.0. The highest BCUT2D eigenvalue weighted by molar-refractivity contribution is 6.30. The summed E-state index contributed by atoms with van der Waals surface area (Å²) in [6.07, 6.45) is 0. The van der Waals surface area contributed by atoms with Crippen LogP contribution in [0.25, 0.3) is 0 Å². The van der Waals surface area contributed by atoms with Gasteiger partial charge in [0.25, 0.3) is 0 Å². The number of amides is 1. The summed E-state index contributed by atoms with van der Waals surface area (Å²) in [7, 11) is 1.93. The van der Waals surface area contributed by atoms with Gasteiger partial charge in [-0.2, -0.15) is 0 Å². The minimum Gasteiger partial charge on any atom is -0.325 e. The Balaban J connectivity index is 1.84. The highest BCUT2D eigenvalue weighted by Gasteiger charge is 2.07. The lowest BCUT2D eigenvalue weighted by Gasteiger charge is -2.16. The maximum Gasteiger partial charge on any atom is 0.238 e. The Morgan fingerprint density at radius 1 is 1.10 bits per heavy atom.